The highest BCUT2D eigenvalue weighted by Gasteiger charge is 2.18. The maximum atomic E-state index is 12.4. The van der Waals surface area contributed by atoms with Gasteiger partial charge in [-0.15, -0.1) is 15.3 Å². The zero-order valence-corrected chi connectivity index (χ0v) is 20.9. The Kier molecular flexibility index (Phi) is 7.18. The molecule has 1 amide bonds. The van der Waals surface area contributed by atoms with E-state index in [0.29, 0.717) is 37.4 Å². The lowest BCUT2D eigenvalue weighted by Gasteiger charge is -2.17. The minimum absolute atomic E-state index is 0.0828. The Labute approximate surface area is 210 Å². The quantitative estimate of drug-likeness (QED) is 0.287. The monoisotopic (exact) mass is 484 g/mol. The number of aryl methyl sites for hydroxylation is 1. The number of benzene rings is 2. The Bertz CT molecular complexity index is 1470. The predicted octanol–water partition coefficient (Wildman–Crippen LogP) is 3.76. The first-order chi connectivity index (χ1) is 17.7. The Morgan fingerprint density at radius 2 is 1.75 bits per heavy atom. The third kappa shape index (κ3) is 4.79. The predicted molar refractivity (Wildman–Crippen MR) is 141 cm³/mol. The SMILES string of the molecule is CCN(CC)CCCNC(=O)CCCc1nnc2n3nc(-c4ccccc4)nc3c3ccccc3n12. The van der Waals surface area contributed by atoms with E-state index in [0.717, 1.165) is 54.0 Å². The fourth-order valence-corrected chi connectivity index (χ4v) is 4.61. The van der Waals surface area contributed by atoms with Gasteiger partial charge in [-0.05, 0) is 44.6 Å². The average Bonchev–Trinajstić information content (AvgIpc) is 3.55. The molecule has 3 aromatic heterocycles. The fraction of sp³-hybridized carbons (Fsp3) is 0.370. The van der Waals surface area contributed by atoms with Gasteiger partial charge >= 0.3 is 0 Å². The standard InChI is InChI=1S/C27H32N8O/c1-3-33(4-2)19-11-18-28-24(36)17-10-16-23-30-31-27-34(23)22-15-9-8-14-21(22)26-29-25(32-35(26)27)20-12-6-5-7-13-20/h5-9,12-15H,3-4,10-11,16-19H2,1-2H3,(H,28,36). The zero-order chi connectivity index (χ0) is 24.9. The van der Waals surface area contributed by atoms with Crippen LogP contribution in [0, 0.1) is 0 Å². The molecule has 0 saturated heterocycles. The second-order valence-corrected chi connectivity index (χ2v) is 8.89. The number of rotatable bonds is 11. The highest BCUT2D eigenvalue weighted by Crippen LogP contribution is 2.25. The van der Waals surface area contributed by atoms with Gasteiger partial charge in [0.05, 0.1) is 5.52 Å². The first-order valence-electron chi connectivity index (χ1n) is 12.8. The fourth-order valence-electron chi connectivity index (χ4n) is 4.61. The molecule has 5 rings (SSSR count). The van der Waals surface area contributed by atoms with Gasteiger partial charge in [-0.1, -0.05) is 56.3 Å². The van der Waals surface area contributed by atoms with Gasteiger partial charge in [0.1, 0.15) is 5.82 Å². The molecule has 5 aromatic rings. The van der Waals surface area contributed by atoms with Crippen LogP contribution in [-0.2, 0) is 11.2 Å². The molecule has 0 unspecified atom stereocenters. The maximum Gasteiger partial charge on any atom is 0.258 e. The van der Waals surface area contributed by atoms with Crippen molar-refractivity contribution in [3.63, 3.8) is 0 Å². The average molecular weight is 485 g/mol. The van der Waals surface area contributed by atoms with Gasteiger partial charge < -0.3 is 10.2 Å². The molecule has 1 N–H and O–H groups in total. The number of carbonyl (C=O) groups excluding carboxylic acids is 1. The van der Waals surface area contributed by atoms with Crippen LogP contribution in [0.25, 0.3) is 33.7 Å². The lowest BCUT2D eigenvalue weighted by molar-refractivity contribution is -0.121. The minimum atomic E-state index is 0.0828. The molecule has 0 aliphatic rings. The number of hydrogen-bond acceptors (Lipinski definition) is 6. The molecule has 186 valence electrons. The molecule has 0 saturated carbocycles. The van der Waals surface area contributed by atoms with Crippen LogP contribution in [-0.4, -0.2) is 66.2 Å². The summed E-state index contributed by atoms with van der Waals surface area (Å²) in [7, 11) is 0. The molecule has 9 heteroatoms. The maximum absolute atomic E-state index is 12.4. The number of hydrogen-bond donors (Lipinski definition) is 1. The first-order valence-corrected chi connectivity index (χ1v) is 12.8. The van der Waals surface area contributed by atoms with E-state index in [2.05, 4.69) is 40.3 Å². The van der Waals surface area contributed by atoms with Gasteiger partial charge in [0.25, 0.3) is 5.78 Å². The molecule has 2 aromatic carbocycles. The van der Waals surface area contributed by atoms with E-state index >= 15 is 0 Å². The number of carbonyl (C=O) groups is 1. The van der Waals surface area contributed by atoms with Crippen LogP contribution in [0.3, 0.4) is 0 Å². The minimum Gasteiger partial charge on any atom is -0.356 e. The van der Waals surface area contributed by atoms with Crippen LogP contribution in [0.4, 0.5) is 0 Å². The van der Waals surface area contributed by atoms with Crippen LogP contribution in [0.2, 0.25) is 0 Å². The number of nitrogens with one attached hydrogen (secondary N) is 1. The van der Waals surface area contributed by atoms with E-state index in [9.17, 15) is 4.79 Å². The molecular weight excluding hydrogens is 452 g/mol. The number of aromatic nitrogens is 6. The topological polar surface area (TPSA) is 92.7 Å². The molecule has 3 heterocycles. The molecular formula is C27H32N8O. The Morgan fingerprint density at radius 1 is 0.972 bits per heavy atom. The summed E-state index contributed by atoms with van der Waals surface area (Å²) in [6, 6.07) is 18.0. The van der Waals surface area contributed by atoms with E-state index < -0.39 is 0 Å². The zero-order valence-electron chi connectivity index (χ0n) is 20.9. The smallest absolute Gasteiger partial charge is 0.258 e. The van der Waals surface area contributed by atoms with Crippen molar-refractivity contribution in [2.75, 3.05) is 26.2 Å². The van der Waals surface area contributed by atoms with E-state index in [1.54, 1.807) is 4.52 Å². The van der Waals surface area contributed by atoms with Gasteiger partial charge in [0, 0.05) is 30.3 Å². The van der Waals surface area contributed by atoms with Crippen molar-refractivity contribution in [3.8, 4) is 11.4 Å². The Hall–Kier alpha value is -3.85. The number of para-hydroxylation sites is 1. The lowest BCUT2D eigenvalue weighted by atomic mass is 10.2. The lowest BCUT2D eigenvalue weighted by Crippen LogP contribution is -2.29. The van der Waals surface area contributed by atoms with Crippen LogP contribution in [0.15, 0.2) is 54.6 Å². The summed E-state index contributed by atoms with van der Waals surface area (Å²) in [6.07, 6.45) is 2.76. The van der Waals surface area contributed by atoms with Gasteiger partial charge in [0.2, 0.25) is 5.91 Å². The van der Waals surface area contributed by atoms with Crippen molar-refractivity contribution >= 4 is 28.2 Å². The Balaban J connectivity index is 1.33. The molecule has 0 bridgehead atoms. The molecule has 0 aliphatic heterocycles. The summed E-state index contributed by atoms with van der Waals surface area (Å²) in [4.78, 5) is 19.5. The van der Waals surface area contributed by atoms with Crippen molar-refractivity contribution < 1.29 is 4.79 Å². The summed E-state index contributed by atoms with van der Waals surface area (Å²) in [5.74, 6) is 2.17. The number of fused-ring (bicyclic) bond motifs is 6. The highest BCUT2D eigenvalue weighted by molar-refractivity contribution is 5.94. The third-order valence-electron chi connectivity index (χ3n) is 6.60. The van der Waals surface area contributed by atoms with Gasteiger partial charge in [-0.2, -0.15) is 4.52 Å². The van der Waals surface area contributed by atoms with Gasteiger partial charge in [-0.3, -0.25) is 9.20 Å². The van der Waals surface area contributed by atoms with Crippen LogP contribution >= 0.6 is 0 Å². The molecule has 0 aliphatic carbocycles. The molecule has 9 nitrogen and oxygen atoms in total. The van der Waals surface area contributed by atoms with Crippen molar-refractivity contribution in [1.29, 1.82) is 0 Å². The highest BCUT2D eigenvalue weighted by atomic mass is 16.1. The first kappa shape index (κ1) is 23.9. The number of amides is 1. The van der Waals surface area contributed by atoms with E-state index in [4.69, 9.17) is 10.1 Å². The summed E-state index contributed by atoms with van der Waals surface area (Å²) >= 11 is 0. The molecule has 0 fully saturated rings. The summed E-state index contributed by atoms with van der Waals surface area (Å²) < 4.78 is 3.80. The molecule has 0 spiro atoms. The molecule has 0 radical (unpaired) electrons. The summed E-state index contributed by atoms with van der Waals surface area (Å²) in [6.45, 7) is 8.13. The number of nitrogens with zero attached hydrogens (tertiary/aromatic N) is 7. The van der Waals surface area contributed by atoms with Crippen molar-refractivity contribution in [3.05, 3.63) is 60.4 Å². The van der Waals surface area contributed by atoms with E-state index in [-0.39, 0.29) is 5.91 Å². The second-order valence-electron chi connectivity index (χ2n) is 8.89. The second kappa shape index (κ2) is 10.8. The largest absolute Gasteiger partial charge is 0.356 e. The van der Waals surface area contributed by atoms with Crippen molar-refractivity contribution in [1.82, 2.24) is 39.4 Å². The normalized spacial score (nSPS) is 11.8. The van der Waals surface area contributed by atoms with Crippen molar-refractivity contribution in [2.45, 2.75) is 39.5 Å². The third-order valence-corrected chi connectivity index (χ3v) is 6.60. The summed E-state index contributed by atoms with van der Waals surface area (Å²) in [5, 5.41) is 17.7. The van der Waals surface area contributed by atoms with Crippen LogP contribution in [0.1, 0.15) is 38.9 Å². The van der Waals surface area contributed by atoms with Crippen LogP contribution < -0.4 is 5.32 Å². The van der Waals surface area contributed by atoms with E-state index in [1.165, 1.54) is 0 Å². The summed E-state index contributed by atoms with van der Waals surface area (Å²) in [5.41, 5.74) is 2.68. The van der Waals surface area contributed by atoms with Crippen molar-refractivity contribution in [2.24, 2.45) is 0 Å². The Morgan fingerprint density at radius 3 is 2.56 bits per heavy atom. The van der Waals surface area contributed by atoms with Gasteiger partial charge in [0.15, 0.2) is 11.5 Å². The van der Waals surface area contributed by atoms with Crippen LogP contribution in [0.5, 0.6) is 0 Å². The van der Waals surface area contributed by atoms with E-state index in [1.807, 2.05) is 52.9 Å². The molecule has 0 atom stereocenters. The van der Waals surface area contributed by atoms with Gasteiger partial charge in [-0.25, -0.2) is 4.98 Å². The molecule has 36 heavy (non-hydrogen) atoms.